The maximum atomic E-state index is 11.8. The highest BCUT2D eigenvalue weighted by Crippen LogP contribution is 2.02. The molecule has 0 atom stereocenters. The summed E-state index contributed by atoms with van der Waals surface area (Å²) in [5.74, 6) is -0.334. The molecule has 0 amide bonds. The van der Waals surface area contributed by atoms with E-state index in [0.29, 0.717) is 5.56 Å². The number of oxime groups is 1. The molecule has 0 unspecified atom stereocenters. The highest BCUT2D eigenvalue weighted by atomic mass is 17.2. The summed E-state index contributed by atoms with van der Waals surface area (Å²) in [6.07, 6.45) is -1.13. The Kier molecular flexibility index (Phi) is 5.53. The van der Waals surface area contributed by atoms with E-state index in [4.69, 9.17) is 0 Å². The first kappa shape index (κ1) is 13.9. The second-order valence-electron chi connectivity index (χ2n) is 3.20. The molecule has 6 heteroatoms. The van der Waals surface area contributed by atoms with Gasteiger partial charge in [0.1, 0.15) is 5.71 Å². The Balaban J connectivity index is 2.56. The Morgan fingerprint density at radius 1 is 1.22 bits per heavy atom. The van der Waals surface area contributed by atoms with Crippen LogP contribution in [0.5, 0.6) is 0 Å². The second-order valence-corrected chi connectivity index (χ2v) is 3.20. The number of carbonyl (C=O) groups excluding carboxylic acids is 2. The standard InChI is InChI=1S/C12H13NO5/c1-3-16-18-12(15)17-13-9(2)11(14)10-7-5-4-6-8-10/h4-8H,3H2,1-2H3. The minimum atomic E-state index is -1.13. The molecule has 1 rings (SSSR count). The van der Waals surface area contributed by atoms with E-state index in [2.05, 4.69) is 19.8 Å². The number of nitrogens with zero attached hydrogens (tertiary/aromatic N) is 1. The zero-order valence-corrected chi connectivity index (χ0v) is 10.1. The lowest BCUT2D eigenvalue weighted by atomic mass is 10.1. The summed E-state index contributed by atoms with van der Waals surface area (Å²) in [6.45, 7) is 3.27. The van der Waals surface area contributed by atoms with Crippen molar-refractivity contribution in [2.24, 2.45) is 5.16 Å². The van der Waals surface area contributed by atoms with E-state index in [1.165, 1.54) is 6.92 Å². The molecule has 0 heterocycles. The molecule has 18 heavy (non-hydrogen) atoms. The van der Waals surface area contributed by atoms with E-state index >= 15 is 0 Å². The number of carbonyl (C=O) groups is 2. The van der Waals surface area contributed by atoms with E-state index in [1.54, 1.807) is 37.3 Å². The van der Waals surface area contributed by atoms with Crippen molar-refractivity contribution in [3.8, 4) is 0 Å². The van der Waals surface area contributed by atoms with Crippen molar-refractivity contribution in [1.82, 2.24) is 0 Å². The predicted molar refractivity (Wildman–Crippen MR) is 63.1 cm³/mol. The van der Waals surface area contributed by atoms with Gasteiger partial charge in [0, 0.05) is 5.56 Å². The van der Waals surface area contributed by atoms with Crippen LogP contribution in [0.15, 0.2) is 35.5 Å². The molecule has 0 saturated carbocycles. The van der Waals surface area contributed by atoms with Crippen LogP contribution in [-0.4, -0.2) is 24.3 Å². The second kappa shape index (κ2) is 7.18. The quantitative estimate of drug-likeness (QED) is 0.264. The molecule has 1 aromatic carbocycles. The van der Waals surface area contributed by atoms with Gasteiger partial charge in [0.25, 0.3) is 0 Å². The summed E-state index contributed by atoms with van der Waals surface area (Å²) in [5.41, 5.74) is 0.496. The van der Waals surface area contributed by atoms with E-state index in [1.807, 2.05) is 0 Å². The normalized spacial score (nSPS) is 10.9. The molecule has 0 aliphatic carbocycles. The van der Waals surface area contributed by atoms with Crippen molar-refractivity contribution >= 4 is 17.7 Å². The fraction of sp³-hybridized carbons (Fsp3) is 0.250. The van der Waals surface area contributed by atoms with Crippen molar-refractivity contribution in [3.63, 3.8) is 0 Å². The van der Waals surface area contributed by atoms with E-state index in [-0.39, 0.29) is 18.1 Å². The van der Waals surface area contributed by atoms with Gasteiger partial charge >= 0.3 is 6.16 Å². The third-order valence-corrected chi connectivity index (χ3v) is 1.87. The molecule has 0 aliphatic heterocycles. The van der Waals surface area contributed by atoms with Gasteiger partial charge in [-0.05, 0) is 13.8 Å². The van der Waals surface area contributed by atoms with Crippen LogP contribution < -0.4 is 0 Å². The SMILES string of the molecule is CCOOC(=O)ON=C(C)C(=O)c1ccccc1. The molecule has 6 nitrogen and oxygen atoms in total. The van der Waals surface area contributed by atoms with Gasteiger partial charge in [0.2, 0.25) is 5.78 Å². The highest BCUT2D eigenvalue weighted by Gasteiger charge is 2.11. The molecule has 0 N–H and O–H groups in total. The lowest BCUT2D eigenvalue weighted by molar-refractivity contribution is -0.251. The van der Waals surface area contributed by atoms with Gasteiger partial charge in [-0.3, -0.25) is 14.5 Å². The Morgan fingerprint density at radius 3 is 2.50 bits per heavy atom. The van der Waals surface area contributed by atoms with Gasteiger partial charge in [0.15, 0.2) is 0 Å². The van der Waals surface area contributed by atoms with Crippen molar-refractivity contribution < 1.29 is 24.2 Å². The average molecular weight is 251 g/mol. The zero-order chi connectivity index (χ0) is 13.4. The molecule has 0 spiro atoms. The van der Waals surface area contributed by atoms with Crippen molar-refractivity contribution in [3.05, 3.63) is 35.9 Å². The topological polar surface area (TPSA) is 74.2 Å². The fourth-order valence-electron chi connectivity index (χ4n) is 1.07. The van der Waals surface area contributed by atoms with Gasteiger partial charge in [-0.2, -0.15) is 9.68 Å². The van der Waals surface area contributed by atoms with E-state index < -0.39 is 6.16 Å². The molecule has 0 aromatic heterocycles. The number of rotatable bonds is 5. The molecule has 0 saturated heterocycles. The van der Waals surface area contributed by atoms with Gasteiger partial charge < -0.3 is 0 Å². The van der Waals surface area contributed by atoms with Crippen LogP contribution in [0.4, 0.5) is 4.79 Å². The van der Waals surface area contributed by atoms with Crippen LogP contribution in [-0.2, 0) is 14.6 Å². The van der Waals surface area contributed by atoms with Gasteiger partial charge in [-0.25, -0.2) is 0 Å². The number of benzene rings is 1. The highest BCUT2D eigenvalue weighted by molar-refractivity contribution is 6.45. The number of ketones is 1. The molecule has 0 bridgehead atoms. The Hall–Kier alpha value is -2.21. The first-order valence-electron chi connectivity index (χ1n) is 5.30. The van der Waals surface area contributed by atoms with Gasteiger partial charge in [0.05, 0.1) is 6.61 Å². The summed E-state index contributed by atoms with van der Waals surface area (Å²) < 4.78 is 0. The third-order valence-electron chi connectivity index (χ3n) is 1.87. The minimum absolute atomic E-state index is 0.0367. The summed E-state index contributed by atoms with van der Waals surface area (Å²) in [4.78, 5) is 35.5. The van der Waals surface area contributed by atoms with Crippen LogP contribution in [0, 0.1) is 0 Å². The fourth-order valence-corrected chi connectivity index (χ4v) is 1.07. The van der Waals surface area contributed by atoms with E-state index in [9.17, 15) is 9.59 Å². The van der Waals surface area contributed by atoms with Crippen molar-refractivity contribution in [2.45, 2.75) is 13.8 Å². The first-order chi connectivity index (χ1) is 8.65. The van der Waals surface area contributed by atoms with Gasteiger partial charge in [-0.1, -0.05) is 35.5 Å². The Morgan fingerprint density at radius 2 is 1.89 bits per heavy atom. The summed E-state index contributed by atoms with van der Waals surface area (Å²) >= 11 is 0. The molecule has 0 fully saturated rings. The van der Waals surface area contributed by atoms with Crippen LogP contribution in [0.1, 0.15) is 24.2 Å². The Bertz CT molecular complexity index is 441. The molecule has 1 aromatic rings. The summed E-state index contributed by atoms with van der Waals surface area (Å²) in [5, 5.41) is 3.37. The smallest absolute Gasteiger partial charge is 0.287 e. The minimum Gasteiger partial charge on any atom is -0.287 e. The molecule has 96 valence electrons. The lowest BCUT2D eigenvalue weighted by Gasteiger charge is -2.00. The Labute approximate surface area is 104 Å². The lowest BCUT2D eigenvalue weighted by Crippen LogP contribution is -2.13. The number of hydrogen-bond donors (Lipinski definition) is 0. The monoisotopic (exact) mass is 251 g/mol. The largest absolute Gasteiger partial charge is 0.567 e. The van der Waals surface area contributed by atoms with E-state index in [0.717, 1.165) is 0 Å². The maximum absolute atomic E-state index is 11.8. The summed E-state index contributed by atoms with van der Waals surface area (Å²) in [7, 11) is 0. The number of hydrogen-bond acceptors (Lipinski definition) is 6. The van der Waals surface area contributed by atoms with Crippen LogP contribution in [0.3, 0.4) is 0 Å². The molecular formula is C12H13NO5. The predicted octanol–water partition coefficient (Wildman–Crippen LogP) is 2.35. The summed E-state index contributed by atoms with van der Waals surface area (Å²) in [6, 6.07) is 8.52. The zero-order valence-electron chi connectivity index (χ0n) is 10.1. The van der Waals surface area contributed by atoms with Crippen molar-refractivity contribution in [2.75, 3.05) is 6.61 Å². The van der Waals surface area contributed by atoms with Crippen LogP contribution >= 0.6 is 0 Å². The molecule has 0 radical (unpaired) electrons. The third kappa shape index (κ3) is 4.34. The van der Waals surface area contributed by atoms with Crippen molar-refractivity contribution in [1.29, 1.82) is 0 Å². The van der Waals surface area contributed by atoms with Gasteiger partial charge in [-0.15, -0.1) is 0 Å². The first-order valence-corrected chi connectivity index (χ1v) is 5.30. The maximum Gasteiger partial charge on any atom is 0.567 e. The average Bonchev–Trinajstić information content (AvgIpc) is 2.42. The molecular weight excluding hydrogens is 238 g/mol. The van der Waals surface area contributed by atoms with Crippen LogP contribution in [0.2, 0.25) is 0 Å². The van der Waals surface area contributed by atoms with Crippen LogP contribution in [0.25, 0.3) is 0 Å². The molecule has 0 aliphatic rings. The number of Topliss-reactive ketones (excluding diaryl/α,β-unsaturated/α-hetero) is 1.